The first-order chi connectivity index (χ1) is 12.2. The molecule has 6 nitrogen and oxygen atoms in total. The first-order valence-corrected chi connectivity index (χ1v) is 8.83. The summed E-state index contributed by atoms with van der Waals surface area (Å²) in [6.45, 7) is 4.28. The normalized spacial score (nSPS) is 16.2. The van der Waals surface area contributed by atoms with Gasteiger partial charge in [0.25, 0.3) is 5.91 Å². The number of rotatable bonds is 7. The van der Waals surface area contributed by atoms with Crippen LogP contribution in [-0.2, 0) is 6.54 Å². The summed E-state index contributed by atoms with van der Waals surface area (Å²) in [6.07, 6.45) is 6.91. The highest BCUT2D eigenvalue weighted by atomic mass is 16.5. The van der Waals surface area contributed by atoms with Gasteiger partial charge in [-0.25, -0.2) is 4.98 Å². The van der Waals surface area contributed by atoms with Crippen LogP contribution in [0.4, 0.5) is 0 Å². The van der Waals surface area contributed by atoms with E-state index in [1.807, 2.05) is 12.4 Å². The Balaban J connectivity index is 1.65. The maximum atomic E-state index is 12.6. The van der Waals surface area contributed by atoms with Gasteiger partial charge in [-0.1, -0.05) is 6.92 Å². The number of hydrogen-bond acceptors (Lipinski definition) is 4. The summed E-state index contributed by atoms with van der Waals surface area (Å²) < 4.78 is 13.1. The molecule has 3 rings (SSSR count). The lowest BCUT2D eigenvalue weighted by Crippen LogP contribution is -2.31. The zero-order valence-electron chi connectivity index (χ0n) is 14.8. The Hall–Kier alpha value is -2.50. The van der Waals surface area contributed by atoms with Gasteiger partial charge in [0.2, 0.25) is 0 Å². The van der Waals surface area contributed by atoms with Crippen molar-refractivity contribution >= 4 is 5.91 Å². The van der Waals surface area contributed by atoms with Crippen LogP contribution < -0.4 is 14.8 Å². The molecular formula is C19H25N3O3. The first-order valence-electron chi connectivity index (χ1n) is 8.83. The van der Waals surface area contributed by atoms with E-state index in [2.05, 4.69) is 21.8 Å². The predicted octanol–water partition coefficient (Wildman–Crippen LogP) is 2.99. The third-order valence-corrected chi connectivity index (χ3v) is 4.46. The lowest BCUT2D eigenvalue weighted by atomic mass is 9.99. The van der Waals surface area contributed by atoms with E-state index in [1.54, 1.807) is 25.3 Å². The van der Waals surface area contributed by atoms with Crippen molar-refractivity contribution in [2.45, 2.75) is 38.6 Å². The van der Waals surface area contributed by atoms with E-state index in [1.165, 1.54) is 0 Å². The Morgan fingerprint density at radius 3 is 3.12 bits per heavy atom. The number of ether oxygens (including phenoxy) is 2. The van der Waals surface area contributed by atoms with Gasteiger partial charge in [0.05, 0.1) is 19.3 Å². The minimum Gasteiger partial charge on any atom is -0.496 e. The van der Waals surface area contributed by atoms with Crippen molar-refractivity contribution in [3.05, 3.63) is 42.0 Å². The number of carbonyl (C=O) groups excluding carboxylic acids is 1. The number of imidazole rings is 1. The summed E-state index contributed by atoms with van der Waals surface area (Å²) >= 11 is 0. The highest BCUT2D eigenvalue weighted by Crippen LogP contribution is 2.27. The largest absolute Gasteiger partial charge is 0.496 e. The van der Waals surface area contributed by atoms with Crippen molar-refractivity contribution in [2.24, 2.45) is 0 Å². The van der Waals surface area contributed by atoms with E-state index >= 15 is 0 Å². The molecule has 1 N–H and O–H groups in total. The number of methoxy groups -OCH3 is 1. The second kappa shape index (κ2) is 8.05. The molecule has 25 heavy (non-hydrogen) atoms. The molecule has 0 saturated carbocycles. The Morgan fingerprint density at radius 1 is 1.44 bits per heavy atom. The van der Waals surface area contributed by atoms with Crippen LogP contribution in [0.2, 0.25) is 0 Å². The summed E-state index contributed by atoms with van der Waals surface area (Å²) in [7, 11) is 1.56. The van der Waals surface area contributed by atoms with Crippen molar-refractivity contribution in [1.29, 1.82) is 0 Å². The number of fused-ring (bicyclic) bond motifs is 1. The van der Waals surface area contributed by atoms with Crippen molar-refractivity contribution < 1.29 is 14.3 Å². The minimum atomic E-state index is -0.137. The van der Waals surface area contributed by atoms with Gasteiger partial charge < -0.3 is 19.4 Å². The molecule has 134 valence electrons. The summed E-state index contributed by atoms with van der Waals surface area (Å²) in [5.74, 6) is 2.41. The van der Waals surface area contributed by atoms with E-state index in [9.17, 15) is 4.79 Å². The number of carbonyl (C=O) groups is 1. The molecule has 1 aliphatic heterocycles. The molecule has 1 amide bonds. The topological polar surface area (TPSA) is 65.4 Å². The molecule has 0 fully saturated rings. The van der Waals surface area contributed by atoms with E-state index < -0.39 is 0 Å². The second-order valence-electron chi connectivity index (χ2n) is 6.24. The molecule has 0 saturated heterocycles. The Labute approximate surface area is 148 Å². The summed E-state index contributed by atoms with van der Waals surface area (Å²) in [5.41, 5.74) is 0.519. The van der Waals surface area contributed by atoms with Crippen molar-refractivity contribution in [3.63, 3.8) is 0 Å². The number of hydrogen-bond donors (Lipinski definition) is 1. The van der Waals surface area contributed by atoms with Crippen LogP contribution in [0.1, 0.15) is 48.3 Å². The fourth-order valence-corrected chi connectivity index (χ4v) is 3.18. The smallest absolute Gasteiger partial charge is 0.255 e. The summed E-state index contributed by atoms with van der Waals surface area (Å²) in [6, 6.07) is 5.32. The molecule has 1 aliphatic rings. The molecule has 1 atom stereocenters. The molecule has 1 aromatic heterocycles. The third-order valence-electron chi connectivity index (χ3n) is 4.46. The molecule has 1 aromatic carbocycles. The van der Waals surface area contributed by atoms with Gasteiger partial charge in [0, 0.05) is 37.5 Å². The monoisotopic (exact) mass is 343 g/mol. The van der Waals surface area contributed by atoms with E-state index in [0.29, 0.717) is 30.2 Å². The molecule has 0 spiro atoms. The van der Waals surface area contributed by atoms with Gasteiger partial charge in [-0.05, 0) is 31.4 Å². The number of nitrogens with one attached hydrogen (secondary N) is 1. The molecule has 6 heteroatoms. The molecule has 0 aliphatic carbocycles. The lowest BCUT2D eigenvalue weighted by molar-refractivity contribution is 0.0946. The number of amides is 1. The van der Waals surface area contributed by atoms with Crippen LogP contribution >= 0.6 is 0 Å². The van der Waals surface area contributed by atoms with Gasteiger partial charge in [-0.15, -0.1) is 0 Å². The quantitative estimate of drug-likeness (QED) is 0.839. The van der Waals surface area contributed by atoms with Crippen LogP contribution in [0, 0.1) is 0 Å². The Bertz CT molecular complexity index is 726. The number of benzene rings is 1. The second-order valence-corrected chi connectivity index (χ2v) is 6.24. The zero-order valence-corrected chi connectivity index (χ0v) is 14.8. The summed E-state index contributed by atoms with van der Waals surface area (Å²) in [4.78, 5) is 17.0. The third kappa shape index (κ3) is 3.95. The van der Waals surface area contributed by atoms with E-state index in [0.717, 1.165) is 31.6 Å². The average Bonchev–Trinajstić information content (AvgIpc) is 3.13. The Kier molecular flexibility index (Phi) is 5.58. The molecule has 1 unspecified atom stereocenters. The van der Waals surface area contributed by atoms with Gasteiger partial charge in [-0.3, -0.25) is 4.79 Å². The average molecular weight is 343 g/mol. The maximum Gasteiger partial charge on any atom is 0.255 e. The lowest BCUT2D eigenvalue weighted by Gasteiger charge is -2.23. The SMILES string of the molecule is CCCOc1ccc(C(=O)NCC2CCCn3ccnc32)c(OC)c1. The molecule has 2 aromatic rings. The predicted molar refractivity (Wildman–Crippen MR) is 95.3 cm³/mol. The summed E-state index contributed by atoms with van der Waals surface area (Å²) in [5, 5.41) is 3.02. The van der Waals surface area contributed by atoms with E-state index in [-0.39, 0.29) is 11.8 Å². The zero-order chi connectivity index (χ0) is 17.6. The van der Waals surface area contributed by atoms with Gasteiger partial charge in [-0.2, -0.15) is 0 Å². The van der Waals surface area contributed by atoms with Crippen LogP contribution in [0.15, 0.2) is 30.6 Å². The van der Waals surface area contributed by atoms with Gasteiger partial charge in [0.1, 0.15) is 17.3 Å². The van der Waals surface area contributed by atoms with Crippen molar-refractivity contribution in [1.82, 2.24) is 14.9 Å². The fourth-order valence-electron chi connectivity index (χ4n) is 3.18. The number of nitrogens with zero attached hydrogens (tertiary/aromatic N) is 2. The van der Waals surface area contributed by atoms with E-state index in [4.69, 9.17) is 9.47 Å². The van der Waals surface area contributed by atoms with Gasteiger partial charge in [0.15, 0.2) is 0 Å². The molecule has 0 bridgehead atoms. The van der Waals surface area contributed by atoms with Crippen LogP contribution in [0.25, 0.3) is 0 Å². The molecule has 0 radical (unpaired) electrons. The first kappa shape index (κ1) is 17.3. The highest BCUT2D eigenvalue weighted by Gasteiger charge is 2.22. The van der Waals surface area contributed by atoms with Gasteiger partial charge >= 0.3 is 0 Å². The number of aromatic nitrogens is 2. The standard InChI is InChI=1S/C19H25N3O3/c1-3-11-25-15-6-7-16(17(12-15)24-2)19(23)21-13-14-5-4-9-22-10-8-20-18(14)22/h6-8,10,12,14H,3-5,9,11,13H2,1-2H3,(H,21,23). The fraction of sp³-hybridized carbons (Fsp3) is 0.474. The molecule has 2 heterocycles. The molecular weight excluding hydrogens is 318 g/mol. The minimum absolute atomic E-state index is 0.137. The Morgan fingerprint density at radius 2 is 2.32 bits per heavy atom. The van der Waals surface area contributed by atoms with Crippen LogP contribution in [-0.4, -0.2) is 35.7 Å². The van der Waals surface area contributed by atoms with Crippen molar-refractivity contribution in [2.75, 3.05) is 20.3 Å². The number of aryl methyl sites for hydroxylation is 1. The highest BCUT2D eigenvalue weighted by molar-refractivity contribution is 5.97. The van der Waals surface area contributed by atoms with Crippen LogP contribution in [0.3, 0.4) is 0 Å². The van der Waals surface area contributed by atoms with Crippen LogP contribution in [0.5, 0.6) is 11.5 Å². The van der Waals surface area contributed by atoms with Crippen molar-refractivity contribution in [3.8, 4) is 11.5 Å². The maximum absolute atomic E-state index is 12.6.